The van der Waals surface area contributed by atoms with E-state index in [2.05, 4.69) is 25.8 Å². The zero-order valence-electron chi connectivity index (χ0n) is 15.0. The van der Waals surface area contributed by atoms with Crippen LogP contribution in [0.4, 0.5) is 4.79 Å². The van der Waals surface area contributed by atoms with Gasteiger partial charge in [0, 0.05) is 39.4 Å². The molecule has 3 rings (SSSR count). The van der Waals surface area contributed by atoms with Crippen LogP contribution in [0.3, 0.4) is 0 Å². The lowest BCUT2D eigenvalue weighted by Gasteiger charge is -2.33. The number of hydrogen-bond acceptors (Lipinski definition) is 5. The number of aromatic nitrogens is 3. The van der Waals surface area contributed by atoms with Crippen molar-refractivity contribution in [3.05, 3.63) is 45.7 Å². The first-order valence-corrected chi connectivity index (χ1v) is 9.40. The number of morpholine rings is 1. The molecule has 2 N–H and O–H groups in total. The summed E-state index contributed by atoms with van der Waals surface area (Å²) in [6.45, 7) is 3.70. The van der Waals surface area contributed by atoms with Gasteiger partial charge in [-0.25, -0.2) is 4.79 Å². The summed E-state index contributed by atoms with van der Waals surface area (Å²) in [5, 5.41) is 14.4. The number of benzene rings is 1. The number of carbonyl (C=O) groups excluding carboxylic acids is 1. The van der Waals surface area contributed by atoms with Crippen molar-refractivity contribution in [2.75, 3.05) is 26.2 Å². The second kappa shape index (κ2) is 9.36. The van der Waals surface area contributed by atoms with Crippen molar-refractivity contribution in [2.24, 2.45) is 7.05 Å². The molecule has 10 heteroatoms. The van der Waals surface area contributed by atoms with Crippen LogP contribution >= 0.6 is 23.2 Å². The van der Waals surface area contributed by atoms with Gasteiger partial charge >= 0.3 is 6.03 Å². The number of urea groups is 1. The number of halogens is 2. The maximum absolute atomic E-state index is 11.9. The van der Waals surface area contributed by atoms with Gasteiger partial charge in [0.25, 0.3) is 0 Å². The Morgan fingerprint density at radius 1 is 1.33 bits per heavy atom. The van der Waals surface area contributed by atoms with Crippen molar-refractivity contribution < 1.29 is 9.53 Å². The average Bonchev–Trinajstić information content (AvgIpc) is 3.07. The van der Waals surface area contributed by atoms with Gasteiger partial charge in [-0.1, -0.05) is 34.5 Å². The molecule has 146 valence electrons. The topological polar surface area (TPSA) is 84.3 Å². The average molecular weight is 413 g/mol. The lowest BCUT2D eigenvalue weighted by molar-refractivity contribution is -0.0287. The van der Waals surface area contributed by atoms with E-state index in [1.807, 2.05) is 12.1 Å². The number of carbonyl (C=O) groups is 1. The lowest BCUT2D eigenvalue weighted by Crippen LogP contribution is -2.48. The maximum atomic E-state index is 11.9. The van der Waals surface area contributed by atoms with Crippen molar-refractivity contribution in [1.82, 2.24) is 30.5 Å². The monoisotopic (exact) mass is 412 g/mol. The van der Waals surface area contributed by atoms with Gasteiger partial charge in [-0.2, -0.15) is 0 Å². The molecule has 0 bridgehead atoms. The lowest BCUT2D eigenvalue weighted by atomic mass is 10.2. The van der Waals surface area contributed by atoms with Crippen molar-refractivity contribution >= 4 is 29.2 Å². The van der Waals surface area contributed by atoms with E-state index < -0.39 is 0 Å². The quantitative estimate of drug-likeness (QED) is 0.755. The number of aryl methyl sites for hydroxylation is 1. The number of nitrogens with zero attached hydrogens (tertiary/aromatic N) is 4. The van der Waals surface area contributed by atoms with Crippen molar-refractivity contribution in [3.8, 4) is 0 Å². The summed E-state index contributed by atoms with van der Waals surface area (Å²) in [4.78, 5) is 14.2. The first kappa shape index (κ1) is 19.9. The number of rotatable bonds is 6. The molecule has 0 saturated carbocycles. The summed E-state index contributed by atoms with van der Waals surface area (Å²) in [6, 6.07) is 5.40. The van der Waals surface area contributed by atoms with E-state index in [0.717, 1.165) is 25.2 Å². The molecular weight excluding hydrogens is 391 g/mol. The van der Waals surface area contributed by atoms with E-state index >= 15 is 0 Å². The molecule has 1 aromatic carbocycles. The van der Waals surface area contributed by atoms with Crippen LogP contribution in [0.15, 0.2) is 24.4 Å². The Morgan fingerprint density at radius 3 is 2.93 bits per heavy atom. The van der Waals surface area contributed by atoms with Crippen molar-refractivity contribution in [3.63, 3.8) is 0 Å². The molecule has 27 heavy (non-hydrogen) atoms. The minimum Gasteiger partial charge on any atom is -0.374 e. The molecule has 1 fully saturated rings. The number of nitrogens with one attached hydrogen (secondary N) is 2. The molecule has 0 aliphatic carbocycles. The Balaban J connectivity index is 1.41. The predicted molar refractivity (Wildman–Crippen MR) is 103 cm³/mol. The Labute approximate surface area is 167 Å². The Kier molecular flexibility index (Phi) is 6.89. The molecule has 1 atom stereocenters. The zero-order chi connectivity index (χ0) is 19.2. The second-order valence-corrected chi connectivity index (χ2v) is 7.24. The largest absolute Gasteiger partial charge is 0.374 e. The normalized spacial score (nSPS) is 17.7. The summed E-state index contributed by atoms with van der Waals surface area (Å²) in [5.74, 6) is 0. The standard InChI is InChI=1S/C17H22Cl2N6O2/c1-24-10-13(22-23-24)7-20-17(26)21-8-14-11-25(4-5-27-14)9-12-2-3-15(18)16(19)6-12/h2-3,6,10,14H,4-5,7-9,11H2,1H3,(H2,20,21,26)/t14-/m0/s1. The van der Waals surface area contributed by atoms with Crippen LogP contribution in [0.25, 0.3) is 0 Å². The SMILES string of the molecule is Cn1cc(CNC(=O)NC[C@H]2CN(Cc3ccc(Cl)c(Cl)c3)CCO2)nn1. The highest BCUT2D eigenvalue weighted by Gasteiger charge is 2.21. The van der Waals surface area contributed by atoms with E-state index in [9.17, 15) is 4.79 Å². The minimum atomic E-state index is -0.258. The summed E-state index contributed by atoms with van der Waals surface area (Å²) >= 11 is 12.0. The van der Waals surface area contributed by atoms with Gasteiger partial charge in [0.05, 0.1) is 29.3 Å². The van der Waals surface area contributed by atoms with E-state index in [4.69, 9.17) is 27.9 Å². The highest BCUT2D eigenvalue weighted by atomic mass is 35.5. The smallest absolute Gasteiger partial charge is 0.315 e. The molecule has 1 saturated heterocycles. The number of ether oxygens (including phenoxy) is 1. The Morgan fingerprint density at radius 2 is 2.19 bits per heavy atom. The zero-order valence-corrected chi connectivity index (χ0v) is 16.5. The number of amides is 2. The molecule has 2 heterocycles. The van der Waals surface area contributed by atoms with E-state index in [0.29, 0.717) is 35.4 Å². The second-order valence-electron chi connectivity index (χ2n) is 6.42. The predicted octanol–water partition coefficient (Wildman–Crippen LogP) is 1.82. The summed E-state index contributed by atoms with van der Waals surface area (Å²) < 4.78 is 7.34. The van der Waals surface area contributed by atoms with Gasteiger partial charge < -0.3 is 15.4 Å². The van der Waals surface area contributed by atoms with Crippen LogP contribution in [-0.4, -0.2) is 58.3 Å². The van der Waals surface area contributed by atoms with Gasteiger partial charge in [0.15, 0.2) is 0 Å². The van der Waals surface area contributed by atoms with Gasteiger partial charge in [-0.05, 0) is 17.7 Å². The number of hydrogen-bond donors (Lipinski definition) is 2. The third kappa shape index (κ3) is 6.07. The third-order valence-electron chi connectivity index (χ3n) is 4.18. The molecule has 0 spiro atoms. The third-order valence-corrected chi connectivity index (χ3v) is 4.92. The van der Waals surface area contributed by atoms with Gasteiger partial charge in [-0.15, -0.1) is 5.10 Å². The molecule has 2 aromatic rings. The fourth-order valence-electron chi connectivity index (χ4n) is 2.86. The maximum Gasteiger partial charge on any atom is 0.315 e. The molecule has 0 unspecified atom stereocenters. The summed E-state index contributed by atoms with van der Waals surface area (Å²) in [5.41, 5.74) is 1.80. The molecule has 1 aliphatic rings. The van der Waals surface area contributed by atoms with E-state index in [-0.39, 0.29) is 12.1 Å². The van der Waals surface area contributed by atoms with Gasteiger partial charge in [0.1, 0.15) is 5.69 Å². The van der Waals surface area contributed by atoms with Crippen LogP contribution in [0.2, 0.25) is 10.0 Å². The highest BCUT2D eigenvalue weighted by Crippen LogP contribution is 2.23. The van der Waals surface area contributed by atoms with Crippen LogP contribution < -0.4 is 10.6 Å². The van der Waals surface area contributed by atoms with E-state index in [1.54, 1.807) is 24.0 Å². The first-order valence-electron chi connectivity index (χ1n) is 8.64. The summed E-state index contributed by atoms with van der Waals surface area (Å²) in [6.07, 6.45) is 1.69. The Hall–Kier alpha value is -1.87. The van der Waals surface area contributed by atoms with Crippen LogP contribution in [0, 0.1) is 0 Å². The van der Waals surface area contributed by atoms with Gasteiger partial charge in [0.2, 0.25) is 0 Å². The van der Waals surface area contributed by atoms with Crippen molar-refractivity contribution in [2.45, 2.75) is 19.2 Å². The molecule has 1 aromatic heterocycles. The van der Waals surface area contributed by atoms with Crippen LogP contribution in [0.5, 0.6) is 0 Å². The van der Waals surface area contributed by atoms with Crippen LogP contribution in [0.1, 0.15) is 11.3 Å². The highest BCUT2D eigenvalue weighted by molar-refractivity contribution is 6.42. The Bertz CT molecular complexity index is 785. The molecule has 1 aliphatic heterocycles. The molecule has 0 radical (unpaired) electrons. The van der Waals surface area contributed by atoms with Crippen LogP contribution in [-0.2, 0) is 24.9 Å². The first-order chi connectivity index (χ1) is 13.0. The molecule has 2 amide bonds. The molecular formula is C17H22Cl2N6O2. The van der Waals surface area contributed by atoms with E-state index in [1.165, 1.54) is 0 Å². The van der Waals surface area contributed by atoms with Gasteiger partial charge in [-0.3, -0.25) is 9.58 Å². The summed E-state index contributed by atoms with van der Waals surface area (Å²) in [7, 11) is 1.78. The molecule has 8 nitrogen and oxygen atoms in total. The van der Waals surface area contributed by atoms with Crippen molar-refractivity contribution in [1.29, 1.82) is 0 Å². The fourth-order valence-corrected chi connectivity index (χ4v) is 3.18. The minimum absolute atomic E-state index is 0.0659. The fraction of sp³-hybridized carbons (Fsp3) is 0.471.